The predicted octanol–water partition coefficient (Wildman–Crippen LogP) is 1.81. The molecule has 1 aliphatic carbocycles. The Morgan fingerprint density at radius 3 is 3.00 bits per heavy atom. The maximum absolute atomic E-state index is 8.78. The van der Waals surface area contributed by atoms with Gasteiger partial charge in [0.15, 0.2) is 0 Å². The first kappa shape index (κ1) is 8.28. The zero-order valence-electron chi connectivity index (χ0n) is 7.67. The van der Waals surface area contributed by atoms with E-state index < -0.39 is 0 Å². The summed E-state index contributed by atoms with van der Waals surface area (Å²) in [5.74, 6) is 0. The number of rotatable bonds is 0. The van der Waals surface area contributed by atoms with Gasteiger partial charge in [0.05, 0.1) is 11.6 Å². The van der Waals surface area contributed by atoms with Gasteiger partial charge in [-0.1, -0.05) is 0 Å². The second-order valence-electron chi connectivity index (χ2n) is 3.62. The Morgan fingerprint density at radius 1 is 1.54 bits per heavy atom. The Labute approximate surface area is 78.0 Å². The van der Waals surface area contributed by atoms with E-state index in [1.165, 1.54) is 16.7 Å². The molecule has 2 heteroatoms. The number of aryl methyl sites for hydroxylation is 2. The minimum Gasteiger partial charge on any atom is -0.324 e. The molecule has 1 aromatic carbocycles. The number of hydrogen-bond donors (Lipinski definition) is 1. The summed E-state index contributed by atoms with van der Waals surface area (Å²) >= 11 is 0. The van der Waals surface area contributed by atoms with Gasteiger partial charge >= 0.3 is 0 Å². The maximum Gasteiger partial charge on any atom is 0.0991 e. The van der Waals surface area contributed by atoms with Gasteiger partial charge in [-0.25, -0.2) is 0 Å². The summed E-state index contributed by atoms with van der Waals surface area (Å²) in [5, 5.41) is 8.78. The van der Waals surface area contributed by atoms with Gasteiger partial charge in [-0.15, -0.1) is 0 Å². The van der Waals surface area contributed by atoms with Crippen molar-refractivity contribution in [1.29, 1.82) is 5.26 Å². The molecule has 1 aliphatic rings. The third kappa shape index (κ3) is 1.22. The molecule has 0 radical (unpaired) electrons. The number of nitrogens with zero attached hydrogens (tertiary/aromatic N) is 1. The van der Waals surface area contributed by atoms with Crippen molar-refractivity contribution in [3.63, 3.8) is 0 Å². The van der Waals surface area contributed by atoms with Crippen molar-refractivity contribution >= 4 is 0 Å². The molecule has 0 amide bonds. The van der Waals surface area contributed by atoms with Crippen LogP contribution >= 0.6 is 0 Å². The van der Waals surface area contributed by atoms with Gasteiger partial charge in [-0.05, 0) is 48.6 Å². The number of hydrogen-bond acceptors (Lipinski definition) is 2. The van der Waals surface area contributed by atoms with E-state index >= 15 is 0 Å². The van der Waals surface area contributed by atoms with Crippen molar-refractivity contribution < 1.29 is 0 Å². The zero-order chi connectivity index (χ0) is 9.42. The highest BCUT2D eigenvalue weighted by Crippen LogP contribution is 2.32. The molecular formula is C11H12N2. The molecule has 0 heterocycles. The predicted molar refractivity (Wildman–Crippen MR) is 51.1 cm³/mol. The van der Waals surface area contributed by atoms with Crippen LogP contribution < -0.4 is 5.73 Å². The second-order valence-corrected chi connectivity index (χ2v) is 3.62. The molecule has 0 saturated carbocycles. The summed E-state index contributed by atoms with van der Waals surface area (Å²) in [6.45, 7) is 2.03. The van der Waals surface area contributed by atoms with Crippen molar-refractivity contribution in [2.45, 2.75) is 25.8 Å². The van der Waals surface area contributed by atoms with E-state index in [9.17, 15) is 0 Å². The highest BCUT2D eigenvalue weighted by atomic mass is 14.6. The normalized spacial score (nSPS) is 19.6. The van der Waals surface area contributed by atoms with E-state index in [-0.39, 0.29) is 6.04 Å². The Morgan fingerprint density at radius 2 is 2.31 bits per heavy atom. The van der Waals surface area contributed by atoms with Gasteiger partial charge in [-0.2, -0.15) is 5.26 Å². The van der Waals surface area contributed by atoms with Crippen LogP contribution in [0.1, 0.15) is 34.7 Å². The molecular weight excluding hydrogens is 160 g/mol. The minimum atomic E-state index is 0.183. The lowest BCUT2D eigenvalue weighted by Gasteiger charge is -2.08. The fraction of sp³-hybridized carbons (Fsp3) is 0.364. The van der Waals surface area contributed by atoms with Crippen LogP contribution in [0.5, 0.6) is 0 Å². The first-order chi connectivity index (χ1) is 6.22. The Balaban J connectivity index is 2.61. The molecule has 2 rings (SSSR count). The Bertz CT molecular complexity index is 388. The van der Waals surface area contributed by atoms with Crippen LogP contribution in [-0.4, -0.2) is 0 Å². The lowest BCUT2D eigenvalue weighted by atomic mass is 9.99. The largest absolute Gasteiger partial charge is 0.324 e. The van der Waals surface area contributed by atoms with E-state index in [1.807, 2.05) is 19.1 Å². The molecule has 0 saturated heterocycles. The summed E-state index contributed by atoms with van der Waals surface area (Å²) in [5.41, 5.74) is 10.4. The van der Waals surface area contributed by atoms with Crippen molar-refractivity contribution in [1.82, 2.24) is 0 Å². The summed E-state index contributed by atoms with van der Waals surface area (Å²) in [4.78, 5) is 0. The topological polar surface area (TPSA) is 49.8 Å². The summed E-state index contributed by atoms with van der Waals surface area (Å²) in [6.07, 6.45) is 2.04. The zero-order valence-corrected chi connectivity index (χ0v) is 7.67. The van der Waals surface area contributed by atoms with E-state index in [2.05, 4.69) is 6.07 Å². The highest BCUT2D eigenvalue weighted by Gasteiger charge is 2.21. The first-order valence-corrected chi connectivity index (χ1v) is 4.51. The number of fused-ring (bicyclic) bond motifs is 1. The summed E-state index contributed by atoms with van der Waals surface area (Å²) in [7, 11) is 0. The molecule has 0 spiro atoms. The molecule has 66 valence electrons. The van der Waals surface area contributed by atoms with E-state index in [1.54, 1.807) is 0 Å². The van der Waals surface area contributed by atoms with Crippen molar-refractivity contribution in [2.75, 3.05) is 0 Å². The van der Waals surface area contributed by atoms with Crippen LogP contribution in [0.25, 0.3) is 0 Å². The fourth-order valence-electron chi connectivity index (χ4n) is 2.13. The molecule has 2 nitrogen and oxygen atoms in total. The van der Waals surface area contributed by atoms with Gasteiger partial charge < -0.3 is 5.73 Å². The number of nitrogens with two attached hydrogens (primary N) is 1. The van der Waals surface area contributed by atoms with Crippen LogP contribution in [0.15, 0.2) is 12.1 Å². The third-order valence-corrected chi connectivity index (χ3v) is 2.70. The van der Waals surface area contributed by atoms with Gasteiger partial charge in [0.2, 0.25) is 0 Å². The van der Waals surface area contributed by atoms with Crippen LogP contribution in [0, 0.1) is 18.3 Å². The molecule has 1 unspecified atom stereocenters. The van der Waals surface area contributed by atoms with E-state index in [0.717, 1.165) is 18.4 Å². The van der Waals surface area contributed by atoms with Crippen LogP contribution in [0.2, 0.25) is 0 Å². The van der Waals surface area contributed by atoms with Crippen molar-refractivity contribution in [3.05, 3.63) is 34.4 Å². The first-order valence-electron chi connectivity index (χ1n) is 4.51. The standard InChI is InChI=1S/C11H12N2/c1-7-4-8(6-12)5-9-2-3-10(13)11(7)9/h4-5,10H,2-3,13H2,1H3. The molecule has 13 heavy (non-hydrogen) atoms. The molecule has 1 atom stereocenters. The SMILES string of the molecule is Cc1cc(C#N)cc2c1C(N)CC2. The number of benzene rings is 1. The minimum absolute atomic E-state index is 0.183. The smallest absolute Gasteiger partial charge is 0.0991 e. The second kappa shape index (κ2) is 2.86. The van der Waals surface area contributed by atoms with Gasteiger partial charge in [0.25, 0.3) is 0 Å². The maximum atomic E-state index is 8.78. The molecule has 0 bridgehead atoms. The molecule has 1 aromatic rings. The fourth-order valence-corrected chi connectivity index (χ4v) is 2.13. The van der Waals surface area contributed by atoms with Crippen LogP contribution in [0.4, 0.5) is 0 Å². The summed E-state index contributed by atoms with van der Waals surface area (Å²) in [6, 6.07) is 6.24. The molecule has 0 aromatic heterocycles. The average molecular weight is 172 g/mol. The van der Waals surface area contributed by atoms with Gasteiger partial charge in [0.1, 0.15) is 0 Å². The average Bonchev–Trinajstić information content (AvgIpc) is 2.48. The molecule has 0 aliphatic heterocycles. The van der Waals surface area contributed by atoms with E-state index in [0.29, 0.717) is 0 Å². The third-order valence-electron chi connectivity index (χ3n) is 2.70. The van der Waals surface area contributed by atoms with Crippen LogP contribution in [-0.2, 0) is 6.42 Å². The summed E-state index contributed by atoms with van der Waals surface area (Å²) < 4.78 is 0. The van der Waals surface area contributed by atoms with Crippen molar-refractivity contribution in [2.24, 2.45) is 5.73 Å². The number of nitriles is 1. The van der Waals surface area contributed by atoms with Gasteiger partial charge in [-0.3, -0.25) is 0 Å². The molecule has 2 N–H and O–H groups in total. The Kier molecular flexibility index (Phi) is 1.82. The lowest BCUT2D eigenvalue weighted by Crippen LogP contribution is -2.07. The monoisotopic (exact) mass is 172 g/mol. The Hall–Kier alpha value is -1.33. The lowest BCUT2D eigenvalue weighted by molar-refractivity contribution is 0.710. The molecule has 0 fully saturated rings. The van der Waals surface area contributed by atoms with Gasteiger partial charge in [0, 0.05) is 6.04 Å². The van der Waals surface area contributed by atoms with Crippen LogP contribution in [0.3, 0.4) is 0 Å². The quantitative estimate of drug-likeness (QED) is 0.648. The highest BCUT2D eigenvalue weighted by molar-refractivity contribution is 5.47. The van der Waals surface area contributed by atoms with E-state index in [4.69, 9.17) is 11.0 Å². The van der Waals surface area contributed by atoms with Crippen molar-refractivity contribution in [3.8, 4) is 6.07 Å².